The molecule has 0 radical (unpaired) electrons. The van der Waals surface area contributed by atoms with Crippen LogP contribution in [0, 0.1) is 11.8 Å². The first kappa shape index (κ1) is 48.6. The Hall–Kier alpha value is -4.77. The third-order valence-electron chi connectivity index (χ3n) is 11.4. The topological polar surface area (TPSA) is 290 Å². The third-order valence-corrected chi connectivity index (χ3v) is 11.4. The van der Waals surface area contributed by atoms with Crippen LogP contribution < -0.4 is 44.2 Å². The Morgan fingerprint density at radius 2 is 1.25 bits per heavy atom. The quantitative estimate of drug-likeness (QED) is 0.0383. The number of carbonyl (C=O) groups excluding carboxylic acids is 5. The molecule has 17 heteroatoms. The zero-order chi connectivity index (χ0) is 43.2. The molecule has 0 spiro atoms. The molecule has 0 unspecified atom stereocenters. The first-order chi connectivity index (χ1) is 28.3. The molecule has 2 fully saturated rings. The first-order valence-electron chi connectivity index (χ1n) is 21.5. The number of carboxylic acid groups (broad SMARTS) is 1. The van der Waals surface area contributed by atoms with Crippen molar-refractivity contribution in [3.63, 3.8) is 0 Å². The molecule has 59 heavy (non-hydrogen) atoms. The number of amides is 5. The van der Waals surface area contributed by atoms with E-state index < -0.39 is 72.3 Å². The van der Waals surface area contributed by atoms with Gasteiger partial charge in [0.25, 0.3) is 0 Å². The Morgan fingerprint density at radius 3 is 1.80 bits per heavy atom. The number of nitrogens with two attached hydrogens (primary N) is 4. The molecule has 1 aromatic carbocycles. The molecule has 5 atom stereocenters. The summed E-state index contributed by atoms with van der Waals surface area (Å²) < 4.78 is 0. The molecule has 330 valence electrons. The Balaban J connectivity index is 1.74. The van der Waals surface area contributed by atoms with E-state index in [1.165, 1.54) is 11.9 Å². The normalized spacial score (nSPS) is 17.3. The minimum atomic E-state index is -1.23. The van der Waals surface area contributed by atoms with Gasteiger partial charge in [0.1, 0.15) is 24.2 Å². The molecular weight excluding hydrogens is 757 g/mol. The number of hydrogen-bond donors (Lipinski definition) is 9. The van der Waals surface area contributed by atoms with E-state index in [0.29, 0.717) is 45.1 Å². The molecule has 17 nitrogen and oxygen atoms in total. The Morgan fingerprint density at radius 1 is 0.729 bits per heavy atom. The van der Waals surface area contributed by atoms with Crippen LogP contribution in [0.5, 0.6) is 0 Å². The number of guanidine groups is 1. The zero-order valence-corrected chi connectivity index (χ0v) is 34.9. The van der Waals surface area contributed by atoms with Gasteiger partial charge < -0.3 is 54.2 Å². The van der Waals surface area contributed by atoms with Crippen molar-refractivity contribution in [2.45, 2.75) is 146 Å². The second-order valence-electron chi connectivity index (χ2n) is 16.3. The molecule has 2 aliphatic rings. The van der Waals surface area contributed by atoms with Crippen molar-refractivity contribution in [2.75, 3.05) is 26.7 Å². The fourth-order valence-electron chi connectivity index (χ4n) is 8.07. The van der Waals surface area contributed by atoms with Gasteiger partial charge in [-0.25, -0.2) is 4.79 Å². The van der Waals surface area contributed by atoms with Crippen LogP contribution in [0.25, 0.3) is 0 Å². The lowest BCUT2D eigenvalue weighted by atomic mass is 9.83. The highest BCUT2D eigenvalue weighted by atomic mass is 16.4. The van der Waals surface area contributed by atoms with Gasteiger partial charge >= 0.3 is 5.97 Å². The molecule has 0 saturated heterocycles. The third kappa shape index (κ3) is 18.4. The Kier molecular flexibility index (Phi) is 21.7. The van der Waals surface area contributed by atoms with Crippen molar-refractivity contribution in [3.8, 4) is 0 Å². The van der Waals surface area contributed by atoms with Gasteiger partial charge in [-0.1, -0.05) is 94.5 Å². The SMILES string of the molecule is CN(CC(=O)N[C@H](CC1CCCCC1)C(=O)N[C@@H](CC1CCCCC1)C(=O)N[C@H](CCCN=C(N)N)C(=O)O)C(=O)[C@H](CCCCN)NC(=O)[C@@H](N)Cc1ccccc1. The number of nitrogens with one attached hydrogen (secondary N) is 4. The van der Waals surface area contributed by atoms with Crippen molar-refractivity contribution < 1.29 is 33.9 Å². The number of unbranched alkanes of at least 4 members (excludes halogenated alkanes) is 1. The average molecular weight is 827 g/mol. The molecule has 0 bridgehead atoms. The number of benzene rings is 1. The van der Waals surface area contributed by atoms with E-state index in [0.717, 1.165) is 69.8 Å². The largest absolute Gasteiger partial charge is 0.480 e. The van der Waals surface area contributed by atoms with Crippen LogP contribution in [-0.4, -0.2) is 108 Å². The van der Waals surface area contributed by atoms with E-state index in [4.69, 9.17) is 22.9 Å². The summed E-state index contributed by atoms with van der Waals surface area (Å²) in [6, 6.07) is 4.19. The predicted octanol–water partition coefficient (Wildman–Crippen LogP) is 1.16. The van der Waals surface area contributed by atoms with Gasteiger partial charge in [-0.2, -0.15) is 0 Å². The highest BCUT2D eigenvalue weighted by Gasteiger charge is 2.34. The molecule has 2 aliphatic carbocycles. The molecule has 0 heterocycles. The highest BCUT2D eigenvalue weighted by Crippen LogP contribution is 2.29. The summed E-state index contributed by atoms with van der Waals surface area (Å²) in [7, 11) is 1.46. The fraction of sp³-hybridized carbons (Fsp3) is 0.690. The second-order valence-corrected chi connectivity index (χ2v) is 16.3. The van der Waals surface area contributed by atoms with Gasteiger partial charge in [0.2, 0.25) is 29.5 Å². The smallest absolute Gasteiger partial charge is 0.326 e. The molecule has 13 N–H and O–H groups in total. The van der Waals surface area contributed by atoms with Crippen LogP contribution in [0.15, 0.2) is 35.3 Å². The predicted molar refractivity (Wildman–Crippen MR) is 226 cm³/mol. The van der Waals surface area contributed by atoms with E-state index >= 15 is 0 Å². The van der Waals surface area contributed by atoms with Gasteiger partial charge in [-0.15, -0.1) is 0 Å². The van der Waals surface area contributed by atoms with Gasteiger partial charge in [-0.3, -0.25) is 29.0 Å². The number of rotatable bonds is 25. The maximum atomic E-state index is 14.2. The van der Waals surface area contributed by atoms with Gasteiger partial charge in [0.15, 0.2) is 5.96 Å². The summed E-state index contributed by atoms with van der Waals surface area (Å²) in [4.78, 5) is 85.8. The summed E-state index contributed by atoms with van der Waals surface area (Å²) in [6.07, 6.45) is 12.6. The van der Waals surface area contributed by atoms with Crippen molar-refractivity contribution in [1.29, 1.82) is 0 Å². The highest BCUT2D eigenvalue weighted by molar-refractivity contribution is 5.95. The fourth-order valence-corrected chi connectivity index (χ4v) is 8.07. The van der Waals surface area contributed by atoms with E-state index in [1.54, 1.807) is 0 Å². The molecule has 0 aromatic heterocycles. The van der Waals surface area contributed by atoms with Gasteiger partial charge in [-0.05, 0) is 75.3 Å². The summed E-state index contributed by atoms with van der Waals surface area (Å²) in [5, 5.41) is 21.1. The minimum Gasteiger partial charge on any atom is -0.480 e. The number of aliphatic carboxylic acids is 1. The number of likely N-dealkylation sites (N-methyl/N-ethyl adjacent to an activating group) is 1. The molecule has 5 amide bonds. The number of aliphatic imine (C=N–C) groups is 1. The van der Waals surface area contributed by atoms with Gasteiger partial charge in [0.05, 0.1) is 12.6 Å². The van der Waals surface area contributed by atoms with E-state index in [1.807, 2.05) is 30.3 Å². The van der Waals surface area contributed by atoms with Crippen LogP contribution in [0.4, 0.5) is 0 Å². The summed E-state index contributed by atoms with van der Waals surface area (Å²) >= 11 is 0. The van der Waals surface area contributed by atoms with E-state index in [9.17, 15) is 33.9 Å². The van der Waals surface area contributed by atoms with Crippen LogP contribution >= 0.6 is 0 Å². The standard InChI is InChI=1S/C42H70N10O7/c1-52(40(57)32(20-11-12-22-43)49-37(54)31(44)24-28-14-5-2-6-15-28)27-36(53)48-34(25-29-16-7-3-8-17-29)38(55)51-35(26-30-18-9-4-10-19-30)39(56)50-33(41(58)59)21-13-23-47-42(45)46/h2,5-6,14-15,29-35H,3-4,7-13,16-27,43-44H2,1H3,(H,48,53)(H,49,54)(H,50,56)(H,51,55)(H,58,59)(H4,45,46,47)/t31-,32-,33+,34+,35-/m0/s1. The summed E-state index contributed by atoms with van der Waals surface area (Å²) in [6.45, 7) is 0.216. The molecule has 2 saturated carbocycles. The maximum Gasteiger partial charge on any atom is 0.326 e. The van der Waals surface area contributed by atoms with Crippen molar-refractivity contribution in [3.05, 3.63) is 35.9 Å². The van der Waals surface area contributed by atoms with E-state index in [-0.39, 0.29) is 37.2 Å². The summed E-state index contributed by atoms with van der Waals surface area (Å²) in [5.74, 6) is -3.74. The number of carbonyl (C=O) groups is 6. The summed E-state index contributed by atoms with van der Waals surface area (Å²) in [5.41, 5.74) is 23.6. The molecular formula is C42H70N10O7. The average Bonchev–Trinajstić information content (AvgIpc) is 3.21. The van der Waals surface area contributed by atoms with Crippen molar-refractivity contribution in [1.82, 2.24) is 26.2 Å². The Labute approximate surface area is 349 Å². The van der Waals surface area contributed by atoms with Crippen LogP contribution in [0.2, 0.25) is 0 Å². The zero-order valence-electron chi connectivity index (χ0n) is 34.9. The van der Waals surface area contributed by atoms with Gasteiger partial charge in [0, 0.05) is 13.6 Å². The Bertz CT molecular complexity index is 1510. The maximum absolute atomic E-state index is 14.2. The molecule has 3 rings (SSSR count). The number of hydrogen-bond acceptors (Lipinski definition) is 9. The second kappa shape index (κ2) is 26.4. The minimum absolute atomic E-state index is 0.0760. The number of carboxylic acids is 1. The van der Waals surface area contributed by atoms with Crippen molar-refractivity contribution >= 4 is 41.5 Å². The van der Waals surface area contributed by atoms with E-state index in [2.05, 4.69) is 26.3 Å². The monoisotopic (exact) mass is 827 g/mol. The molecule has 0 aliphatic heterocycles. The number of nitrogens with zero attached hydrogens (tertiary/aromatic N) is 2. The van der Waals surface area contributed by atoms with Crippen LogP contribution in [-0.2, 0) is 35.2 Å². The van der Waals surface area contributed by atoms with Crippen LogP contribution in [0.3, 0.4) is 0 Å². The van der Waals surface area contributed by atoms with Crippen LogP contribution in [0.1, 0.15) is 115 Å². The lowest BCUT2D eigenvalue weighted by molar-refractivity contribution is -0.142. The lowest BCUT2D eigenvalue weighted by Gasteiger charge is -2.31. The van der Waals surface area contributed by atoms with Crippen molar-refractivity contribution in [2.24, 2.45) is 39.8 Å². The lowest BCUT2D eigenvalue weighted by Crippen LogP contribution is -2.57. The first-order valence-corrected chi connectivity index (χ1v) is 21.5. The molecule has 1 aromatic rings.